The van der Waals surface area contributed by atoms with Gasteiger partial charge in [0.2, 0.25) is 0 Å². The number of amides is 2. The SMILES string of the molecule is O=C(Nc1ccc(C2CCC2)cn1)N1CCCC(c2nnc3n2CCC3)C1. The summed E-state index contributed by atoms with van der Waals surface area (Å²) in [5.41, 5.74) is 1.29. The maximum atomic E-state index is 12.7. The van der Waals surface area contributed by atoms with Crippen LogP contribution in [0.5, 0.6) is 0 Å². The highest BCUT2D eigenvalue weighted by Crippen LogP contribution is 2.36. The first-order chi connectivity index (χ1) is 13.3. The fourth-order valence-corrected chi connectivity index (χ4v) is 4.50. The number of hydrogen-bond donors (Lipinski definition) is 1. The number of nitrogens with zero attached hydrogens (tertiary/aromatic N) is 5. The molecular formula is C20H26N6O. The lowest BCUT2D eigenvalue weighted by Crippen LogP contribution is -2.42. The number of aryl methyl sites for hydroxylation is 1. The minimum absolute atomic E-state index is 0.0650. The molecule has 1 aliphatic carbocycles. The largest absolute Gasteiger partial charge is 0.324 e. The molecule has 27 heavy (non-hydrogen) atoms. The van der Waals surface area contributed by atoms with Crippen LogP contribution in [0.4, 0.5) is 10.6 Å². The van der Waals surface area contributed by atoms with E-state index in [-0.39, 0.29) is 11.9 Å². The van der Waals surface area contributed by atoms with Crippen LogP contribution < -0.4 is 5.32 Å². The van der Waals surface area contributed by atoms with Crippen molar-refractivity contribution in [2.75, 3.05) is 18.4 Å². The molecule has 1 saturated carbocycles. The molecule has 7 heteroatoms. The molecule has 2 fully saturated rings. The Kier molecular flexibility index (Phi) is 4.30. The van der Waals surface area contributed by atoms with Crippen molar-refractivity contribution in [1.29, 1.82) is 0 Å². The first-order valence-electron chi connectivity index (χ1n) is 10.2. The van der Waals surface area contributed by atoms with Gasteiger partial charge in [-0.2, -0.15) is 0 Å². The molecule has 1 saturated heterocycles. The zero-order valence-corrected chi connectivity index (χ0v) is 15.6. The van der Waals surface area contributed by atoms with E-state index in [2.05, 4.69) is 31.1 Å². The summed E-state index contributed by atoms with van der Waals surface area (Å²) in [4.78, 5) is 19.1. The summed E-state index contributed by atoms with van der Waals surface area (Å²) in [7, 11) is 0. The second-order valence-electron chi connectivity index (χ2n) is 8.05. The highest BCUT2D eigenvalue weighted by molar-refractivity contribution is 5.88. The number of carbonyl (C=O) groups is 1. The molecule has 142 valence electrons. The third-order valence-corrected chi connectivity index (χ3v) is 6.31. The number of pyridine rings is 1. The van der Waals surface area contributed by atoms with Crippen LogP contribution >= 0.6 is 0 Å². The van der Waals surface area contributed by atoms with Gasteiger partial charge in [0.15, 0.2) is 0 Å². The zero-order valence-electron chi connectivity index (χ0n) is 15.6. The van der Waals surface area contributed by atoms with E-state index in [4.69, 9.17) is 0 Å². The van der Waals surface area contributed by atoms with Crippen LogP contribution in [-0.4, -0.2) is 43.8 Å². The molecule has 2 aromatic rings. The van der Waals surface area contributed by atoms with E-state index in [0.29, 0.717) is 18.3 Å². The molecule has 1 N–H and O–H groups in total. The van der Waals surface area contributed by atoms with E-state index in [1.807, 2.05) is 17.2 Å². The van der Waals surface area contributed by atoms with Crippen molar-refractivity contribution >= 4 is 11.8 Å². The van der Waals surface area contributed by atoms with Crippen molar-refractivity contribution in [3.8, 4) is 0 Å². The molecule has 1 unspecified atom stereocenters. The normalized spacial score (nSPS) is 22.4. The molecule has 1 atom stereocenters. The van der Waals surface area contributed by atoms with Crippen molar-refractivity contribution in [3.63, 3.8) is 0 Å². The number of hydrogen-bond acceptors (Lipinski definition) is 4. The van der Waals surface area contributed by atoms with Crippen molar-refractivity contribution < 1.29 is 4.79 Å². The Balaban J connectivity index is 1.23. The van der Waals surface area contributed by atoms with E-state index in [1.165, 1.54) is 24.8 Å². The fraction of sp³-hybridized carbons (Fsp3) is 0.600. The number of likely N-dealkylation sites (tertiary alicyclic amines) is 1. The predicted molar refractivity (Wildman–Crippen MR) is 102 cm³/mol. The lowest BCUT2D eigenvalue weighted by molar-refractivity contribution is 0.190. The summed E-state index contributed by atoms with van der Waals surface area (Å²) in [6.07, 6.45) is 9.98. The van der Waals surface area contributed by atoms with Gasteiger partial charge in [-0.15, -0.1) is 10.2 Å². The minimum Gasteiger partial charge on any atom is -0.324 e. The van der Waals surface area contributed by atoms with Crippen LogP contribution in [-0.2, 0) is 13.0 Å². The number of aromatic nitrogens is 4. The molecule has 2 aliphatic heterocycles. The van der Waals surface area contributed by atoms with Crippen molar-refractivity contribution in [2.45, 2.75) is 63.3 Å². The monoisotopic (exact) mass is 366 g/mol. The van der Waals surface area contributed by atoms with E-state index < -0.39 is 0 Å². The van der Waals surface area contributed by atoms with Gasteiger partial charge < -0.3 is 9.47 Å². The van der Waals surface area contributed by atoms with E-state index in [9.17, 15) is 4.79 Å². The quantitative estimate of drug-likeness (QED) is 0.904. The summed E-state index contributed by atoms with van der Waals surface area (Å²) < 4.78 is 2.26. The Morgan fingerprint density at radius 3 is 2.70 bits per heavy atom. The second kappa shape index (κ2) is 6.94. The molecule has 0 bridgehead atoms. The molecule has 2 aromatic heterocycles. The highest BCUT2D eigenvalue weighted by Gasteiger charge is 2.30. The smallest absolute Gasteiger partial charge is 0.323 e. The van der Waals surface area contributed by atoms with Gasteiger partial charge in [0, 0.05) is 38.2 Å². The Bertz CT molecular complexity index is 825. The molecule has 0 radical (unpaired) electrons. The third kappa shape index (κ3) is 3.19. The Morgan fingerprint density at radius 1 is 1.04 bits per heavy atom. The fourth-order valence-electron chi connectivity index (χ4n) is 4.50. The van der Waals surface area contributed by atoms with Crippen molar-refractivity contribution in [1.82, 2.24) is 24.6 Å². The van der Waals surface area contributed by atoms with Gasteiger partial charge in [-0.1, -0.05) is 12.5 Å². The van der Waals surface area contributed by atoms with Gasteiger partial charge in [-0.05, 0) is 49.7 Å². The maximum absolute atomic E-state index is 12.7. The average Bonchev–Trinajstić information content (AvgIpc) is 3.25. The Hall–Kier alpha value is -2.44. The molecule has 2 amide bonds. The summed E-state index contributed by atoms with van der Waals surface area (Å²) in [6, 6.07) is 3.97. The van der Waals surface area contributed by atoms with Gasteiger partial charge >= 0.3 is 6.03 Å². The average molecular weight is 366 g/mol. The molecule has 4 heterocycles. The first-order valence-corrected chi connectivity index (χ1v) is 10.2. The molecule has 7 nitrogen and oxygen atoms in total. The second-order valence-corrected chi connectivity index (χ2v) is 8.05. The highest BCUT2D eigenvalue weighted by atomic mass is 16.2. The molecule has 0 aromatic carbocycles. The first kappa shape index (κ1) is 16.7. The van der Waals surface area contributed by atoms with E-state index in [1.54, 1.807) is 0 Å². The Labute approximate surface area is 159 Å². The van der Waals surface area contributed by atoms with Crippen LogP contribution in [0.2, 0.25) is 0 Å². The van der Waals surface area contributed by atoms with Gasteiger partial charge in [0.05, 0.1) is 0 Å². The van der Waals surface area contributed by atoms with Crippen LogP contribution in [0, 0.1) is 0 Å². The summed E-state index contributed by atoms with van der Waals surface area (Å²) in [5.74, 6) is 3.73. The van der Waals surface area contributed by atoms with E-state index in [0.717, 1.165) is 50.4 Å². The predicted octanol–water partition coefficient (Wildman–Crippen LogP) is 3.30. The summed E-state index contributed by atoms with van der Waals surface area (Å²) >= 11 is 0. The number of urea groups is 1. The molecule has 0 spiro atoms. The standard InChI is InChI=1S/C20H26N6O/c27-20(22-17-9-8-15(12-21-17)14-4-1-5-14)25-10-2-6-16(13-25)19-24-23-18-7-3-11-26(18)19/h8-9,12,14,16H,1-7,10-11,13H2,(H,21,22,27). The van der Waals surface area contributed by atoms with E-state index >= 15 is 0 Å². The number of anilines is 1. The molecule has 3 aliphatic rings. The van der Waals surface area contributed by atoms with Crippen LogP contribution in [0.25, 0.3) is 0 Å². The number of nitrogens with one attached hydrogen (secondary N) is 1. The van der Waals surface area contributed by atoms with Crippen molar-refractivity contribution in [3.05, 3.63) is 35.5 Å². The zero-order chi connectivity index (χ0) is 18.2. The topological polar surface area (TPSA) is 75.9 Å². The summed E-state index contributed by atoms with van der Waals surface area (Å²) in [6.45, 7) is 2.49. The van der Waals surface area contributed by atoms with Gasteiger partial charge in [-0.25, -0.2) is 9.78 Å². The maximum Gasteiger partial charge on any atom is 0.323 e. The molecule has 5 rings (SSSR count). The summed E-state index contributed by atoms with van der Waals surface area (Å²) in [5, 5.41) is 11.7. The van der Waals surface area contributed by atoms with Crippen molar-refractivity contribution in [2.24, 2.45) is 0 Å². The Morgan fingerprint density at radius 2 is 1.93 bits per heavy atom. The van der Waals surface area contributed by atoms with Crippen LogP contribution in [0.15, 0.2) is 18.3 Å². The number of fused-ring (bicyclic) bond motifs is 1. The van der Waals surface area contributed by atoms with Gasteiger partial charge in [-0.3, -0.25) is 5.32 Å². The third-order valence-electron chi connectivity index (χ3n) is 6.31. The van der Waals surface area contributed by atoms with Crippen LogP contribution in [0.1, 0.15) is 67.6 Å². The minimum atomic E-state index is -0.0650. The lowest BCUT2D eigenvalue weighted by Gasteiger charge is -2.32. The number of piperidine rings is 1. The molecular weight excluding hydrogens is 340 g/mol. The lowest BCUT2D eigenvalue weighted by atomic mass is 9.81. The van der Waals surface area contributed by atoms with Gasteiger partial charge in [0.1, 0.15) is 17.5 Å². The number of carbonyl (C=O) groups excluding carboxylic acids is 1. The van der Waals surface area contributed by atoms with Gasteiger partial charge in [0.25, 0.3) is 0 Å². The number of rotatable bonds is 3. The van der Waals surface area contributed by atoms with Crippen LogP contribution in [0.3, 0.4) is 0 Å².